The van der Waals surface area contributed by atoms with E-state index >= 15 is 0 Å². The Hall–Kier alpha value is -2.34. The van der Waals surface area contributed by atoms with Crippen LogP contribution in [0.5, 0.6) is 0 Å². The molecule has 2 unspecified atom stereocenters. The molecular weight excluding hydrogens is 288 g/mol. The van der Waals surface area contributed by atoms with E-state index in [0.717, 1.165) is 0 Å². The molecule has 4 rings (SSSR count). The van der Waals surface area contributed by atoms with Gasteiger partial charge in [-0.2, -0.15) is 0 Å². The van der Waals surface area contributed by atoms with E-state index in [0.29, 0.717) is 11.8 Å². The lowest BCUT2D eigenvalue weighted by Crippen LogP contribution is -2.20. The lowest BCUT2D eigenvalue weighted by molar-refractivity contribution is 0.524. The molecule has 0 amide bonds. The van der Waals surface area contributed by atoms with Gasteiger partial charge in [-0.25, -0.2) is 0 Å². The van der Waals surface area contributed by atoms with Gasteiger partial charge in [-0.05, 0) is 54.9 Å². The van der Waals surface area contributed by atoms with Crippen LogP contribution in [0.25, 0.3) is 0 Å². The topological polar surface area (TPSA) is 0 Å². The zero-order valence-electron chi connectivity index (χ0n) is 14.5. The molecule has 0 heteroatoms. The summed E-state index contributed by atoms with van der Waals surface area (Å²) in [5.74, 6) is 1.02. The molecule has 0 spiro atoms. The summed E-state index contributed by atoms with van der Waals surface area (Å²) in [6, 6.07) is 27.2. The van der Waals surface area contributed by atoms with E-state index in [1.807, 2.05) is 0 Å². The molecular formula is C24H24. The van der Waals surface area contributed by atoms with E-state index in [2.05, 4.69) is 86.6 Å². The fourth-order valence-corrected chi connectivity index (χ4v) is 4.19. The molecule has 1 aliphatic carbocycles. The van der Waals surface area contributed by atoms with Crippen molar-refractivity contribution in [3.8, 4) is 0 Å². The van der Waals surface area contributed by atoms with Crippen LogP contribution in [-0.2, 0) is 6.42 Å². The highest BCUT2D eigenvalue weighted by atomic mass is 14.3. The minimum Gasteiger partial charge on any atom is -0.0622 e. The monoisotopic (exact) mass is 312 g/mol. The summed E-state index contributed by atoms with van der Waals surface area (Å²) in [5, 5.41) is 0. The predicted octanol–water partition coefficient (Wildman–Crippen LogP) is 6.17. The molecule has 0 aromatic heterocycles. The first-order valence-corrected chi connectivity index (χ1v) is 8.93. The second-order valence-electron chi connectivity index (χ2n) is 7.15. The molecule has 0 bridgehead atoms. The van der Waals surface area contributed by atoms with Crippen LogP contribution in [0, 0.1) is 13.8 Å². The van der Waals surface area contributed by atoms with Gasteiger partial charge in [0.05, 0.1) is 0 Å². The Morgan fingerprint density at radius 3 is 2.17 bits per heavy atom. The number of hydrogen-bond acceptors (Lipinski definition) is 0. The summed E-state index contributed by atoms with van der Waals surface area (Å²) < 4.78 is 0. The third kappa shape index (κ3) is 2.78. The van der Waals surface area contributed by atoms with Gasteiger partial charge in [0.25, 0.3) is 0 Å². The molecule has 2 atom stereocenters. The summed E-state index contributed by atoms with van der Waals surface area (Å²) in [6.45, 7) is 4.36. The van der Waals surface area contributed by atoms with Crippen LogP contribution in [0.4, 0.5) is 0 Å². The molecule has 120 valence electrons. The number of benzene rings is 3. The van der Waals surface area contributed by atoms with E-state index in [-0.39, 0.29) is 0 Å². The minimum absolute atomic E-state index is 0.456. The number of hydrogen-bond donors (Lipinski definition) is 0. The lowest BCUT2D eigenvalue weighted by Gasteiger charge is -2.35. The van der Waals surface area contributed by atoms with Crippen molar-refractivity contribution in [1.29, 1.82) is 0 Å². The summed E-state index contributed by atoms with van der Waals surface area (Å²) in [7, 11) is 0. The molecule has 0 nitrogen and oxygen atoms in total. The Morgan fingerprint density at radius 2 is 1.42 bits per heavy atom. The SMILES string of the molecule is Cc1ccc(C2c3ccc(C)cc3CCC2c2ccccc2)cc1. The molecule has 0 saturated carbocycles. The molecule has 0 heterocycles. The van der Waals surface area contributed by atoms with Gasteiger partial charge in [0.2, 0.25) is 0 Å². The van der Waals surface area contributed by atoms with Crippen LogP contribution in [0.1, 0.15) is 51.6 Å². The fourth-order valence-electron chi connectivity index (χ4n) is 4.19. The van der Waals surface area contributed by atoms with Gasteiger partial charge >= 0.3 is 0 Å². The summed E-state index contributed by atoms with van der Waals surface area (Å²) in [6.07, 6.45) is 2.40. The van der Waals surface area contributed by atoms with E-state index in [1.165, 1.54) is 46.2 Å². The zero-order valence-corrected chi connectivity index (χ0v) is 14.5. The van der Waals surface area contributed by atoms with Crippen LogP contribution in [0.2, 0.25) is 0 Å². The van der Waals surface area contributed by atoms with E-state index in [4.69, 9.17) is 0 Å². The van der Waals surface area contributed by atoms with Gasteiger partial charge in [-0.1, -0.05) is 83.9 Å². The van der Waals surface area contributed by atoms with Crippen molar-refractivity contribution in [2.24, 2.45) is 0 Å². The maximum Gasteiger partial charge on any atom is 0.0161 e. The number of rotatable bonds is 2. The quantitative estimate of drug-likeness (QED) is 0.531. The average Bonchev–Trinajstić information content (AvgIpc) is 2.62. The number of fused-ring (bicyclic) bond motifs is 1. The van der Waals surface area contributed by atoms with Gasteiger partial charge < -0.3 is 0 Å². The second-order valence-corrected chi connectivity index (χ2v) is 7.15. The highest BCUT2D eigenvalue weighted by Crippen LogP contribution is 2.46. The lowest BCUT2D eigenvalue weighted by atomic mass is 9.69. The standard InChI is InChI=1S/C24H24/c1-17-8-11-20(12-9-17)24-22(19-6-4-3-5-7-19)15-13-21-16-18(2)10-14-23(21)24/h3-12,14,16,22,24H,13,15H2,1-2H3. The van der Waals surface area contributed by atoms with Crippen LogP contribution >= 0.6 is 0 Å². The first-order chi connectivity index (χ1) is 11.7. The van der Waals surface area contributed by atoms with Crippen LogP contribution in [0.15, 0.2) is 72.8 Å². The molecule has 0 saturated heterocycles. The molecule has 1 aliphatic rings. The van der Waals surface area contributed by atoms with Crippen LogP contribution in [-0.4, -0.2) is 0 Å². The molecule has 0 radical (unpaired) electrons. The Kier molecular flexibility index (Phi) is 3.98. The van der Waals surface area contributed by atoms with E-state index in [1.54, 1.807) is 0 Å². The minimum atomic E-state index is 0.456. The van der Waals surface area contributed by atoms with Crippen molar-refractivity contribution < 1.29 is 0 Å². The Morgan fingerprint density at radius 1 is 0.708 bits per heavy atom. The second kappa shape index (κ2) is 6.28. The molecule has 0 fully saturated rings. The van der Waals surface area contributed by atoms with Crippen molar-refractivity contribution in [3.63, 3.8) is 0 Å². The van der Waals surface area contributed by atoms with Crippen molar-refractivity contribution >= 4 is 0 Å². The third-order valence-electron chi connectivity index (χ3n) is 5.42. The summed E-state index contributed by atoms with van der Waals surface area (Å²) in [4.78, 5) is 0. The highest BCUT2D eigenvalue weighted by molar-refractivity contribution is 5.46. The maximum atomic E-state index is 2.39. The molecule has 24 heavy (non-hydrogen) atoms. The third-order valence-corrected chi connectivity index (χ3v) is 5.42. The molecule has 3 aromatic rings. The zero-order chi connectivity index (χ0) is 16.5. The van der Waals surface area contributed by atoms with Gasteiger partial charge in [0.1, 0.15) is 0 Å². The van der Waals surface area contributed by atoms with Crippen molar-refractivity contribution in [3.05, 3.63) is 106 Å². The highest BCUT2D eigenvalue weighted by Gasteiger charge is 2.31. The normalized spacial score (nSPS) is 19.8. The fraction of sp³-hybridized carbons (Fsp3) is 0.250. The predicted molar refractivity (Wildman–Crippen MR) is 102 cm³/mol. The first kappa shape index (κ1) is 15.2. The smallest absolute Gasteiger partial charge is 0.0161 e. The van der Waals surface area contributed by atoms with Crippen molar-refractivity contribution in [1.82, 2.24) is 0 Å². The average molecular weight is 312 g/mol. The Bertz CT molecular complexity index is 828. The van der Waals surface area contributed by atoms with Gasteiger partial charge in [0, 0.05) is 5.92 Å². The first-order valence-electron chi connectivity index (χ1n) is 8.93. The maximum absolute atomic E-state index is 2.39. The molecule has 0 aliphatic heterocycles. The Balaban J connectivity index is 1.86. The van der Waals surface area contributed by atoms with Crippen molar-refractivity contribution in [2.45, 2.75) is 38.5 Å². The van der Waals surface area contributed by atoms with Gasteiger partial charge in [-0.15, -0.1) is 0 Å². The van der Waals surface area contributed by atoms with Gasteiger partial charge in [0.15, 0.2) is 0 Å². The molecule has 0 N–H and O–H groups in total. The van der Waals surface area contributed by atoms with E-state index in [9.17, 15) is 0 Å². The van der Waals surface area contributed by atoms with Gasteiger partial charge in [-0.3, -0.25) is 0 Å². The largest absolute Gasteiger partial charge is 0.0622 e. The van der Waals surface area contributed by atoms with E-state index < -0.39 is 0 Å². The van der Waals surface area contributed by atoms with Crippen LogP contribution in [0.3, 0.4) is 0 Å². The van der Waals surface area contributed by atoms with Crippen LogP contribution < -0.4 is 0 Å². The molecule has 3 aromatic carbocycles. The Labute approximate surface area is 145 Å². The number of aryl methyl sites for hydroxylation is 3. The van der Waals surface area contributed by atoms with Crippen molar-refractivity contribution in [2.75, 3.05) is 0 Å². The summed E-state index contributed by atoms with van der Waals surface area (Å²) in [5.41, 5.74) is 8.66. The summed E-state index contributed by atoms with van der Waals surface area (Å²) >= 11 is 0.